The number of nitro benzene ring substituents is 1. The SMILES string of the molecule is CCC(C)(O)CNc1ccc([N+](=O)[O-])cc1C. The Morgan fingerprint density at radius 3 is 2.65 bits per heavy atom. The highest BCUT2D eigenvalue weighted by atomic mass is 16.6. The van der Waals surface area contributed by atoms with Crippen LogP contribution >= 0.6 is 0 Å². The van der Waals surface area contributed by atoms with Gasteiger partial charge in [-0.15, -0.1) is 0 Å². The normalized spacial score (nSPS) is 14.1. The summed E-state index contributed by atoms with van der Waals surface area (Å²) in [5, 5.41) is 23.5. The van der Waals surface area contributed by atoms with Crippen molar-refractivity contribution in [3.63, 3.8) is 0 Å². The van der Waals surface area contributed by atoms with Gasteiger partial charge in [-0.2, -0.15) is 0 Å². The van der Waals surface area contributed by atoms with Gasteiger partial charge in [-0.25, -0.2) is 0 Å². The minimum Gasteiger partial charge on any atom is -0.388 e. The molecule has 0 saturated carbocycles. The van der Waals surface area contributed by atoms with Crippen LogP contribution in [0.15, 0.2) is 18.2 Å². The van der Waals surface area contributed by atoms with Crippen LogP contribution in [0.4, 0.5) is 11.4 Å². The standard InChI is InChI=1S/C12H18N2O3/c1-4-12(3,15)8-13-11-6-5-10(14(16)17)7-9(11)2/h5-7,13,15H,4,8H2,1-3H3. The fraction of sp³-hybridized carbons (Fsp3) is 0.500. The van der Waals surface area contributed by atoms with E-state index in [1.807, 2.05) is 6.92 Å². The monoisotopic (exact) mass is 238 g/mol. The Balaban J connectivity index is 2.77. The first kappa shape index (κ1) is 13.4. The fourth-order valence-corrected chi connectivity index (χ4v) is 1.37. The molecule has 0 saturated heterocycles. The largest absolute Gasteiger partial charge is 0.388 e. The predicted octanol–water partition coefficient (Wildman–Crippen LogP) is 2.48. The third-order valence-electron chi connectivity index (χ3n) is 2.84. The van der Waals surface area contributed by atoms with E-state index in [1.54, 1.807) is 19.9 Å². The zero-order valence-corrected chi connectivity index (χ0v) is 10.4. The van der Waals surface area contributed by atoms with E-state index >= 15 is 0 Å². The number of aryl methyl sites for hydroxylation is 1. The summed E-state index contributed by atoms with van der Waals surface area (Å²) in [7, 11) is 0. The van der Waals surface area contributed by atoms with E-state index < -0.39 is 10.5 Å². The molecule has 0 heterocycles. The molecule has 0 aliphatic rings. The molecule has 0 bridgehead atoms. The molecule has 0 radical (unpaired) electrons. The molecule has 1 aromatic rings. The van der Waals surface area contributed by atoms with Crippen molar-refractivity contribution in [1.82, 2.24) is 0 Å². The zero-order chi connectivity index (χ0) is 13.1. The quantitative estimate of drug-likeness (QED) is 0.610. The Kier molecular flexibility index (Phi) is 4.07. The maximum absolute atomic E-state index is 10.6. The van der Waals surface area contributed by atoms with E-state index in [4.69, 9.17) is 0 Å². The van der Waals surface area contributed by atoms with Gasteiger partial charge in [-0.05, 0) is 31.9 Å². The highest BCUT2D eigenvalue weighted by Gasteiger charge is 2.17. The highest BCUT2D eigenvalue weighted by molar-refractivity contribution is 5.55. The lowest BCUT2D eigenvalue weighted by Gasteiger charge is -2.22. The van der Waals surface area contributed by atoms with Crippen LogP contribution in [0.3, 0.4) is 0 Å². The van der Waals surface area contributed by atoms with E-state index in [1.165, 1.54) is 12.1 Å². The average Bonchev–Trinajstić information content (AvgIpc) is 2.27. The number of anilines is 1. The van der Waals surface area contributed by atoms with Crippen molar-refractivity contribution < 1.29 is 10.0 Å². The van der Waals surface area contributed by atoms with E-state index in [-0.39, 0.29) is 5.69 Å². The molecule has 5 heteroatoms. The second-order valence-electron chi connectivity index (χ2n) is 4.46. The first-order valence-electron chi connectivity index (χ1n) is 5.57. The molecule has 0 amide bonds. The van der Waals surface area contributed by atoms with Crippen LogP contribution < -0.4 is 5.32 Å². The van der Waals surface area contributed by atoms with E-state index in [0.717, 1.165) is 11.3 Å². The summed E-state index contributed by atoms with van der Waals surface area (Å²) in [4.78, 5) is 10.2. The van der Waals surface area contributed by atoms with Gasteiger partial charge in [0.1, 0.15) is 0 Å². The van der Waals surface area contributed by atoms with Crippen molar-refractivity contribution in [3.8, 4) is 0 Å². The van der Waals surface area contributed by atoms with Crippen molar-refractivity contribution in [2.75, 3.05) is 11.9 Å². The van der Waals surface area contributed by atoms with Gasteiger partial charge in [0.15, 0.2) is 0 Å². The number of aliphatic hydroxyl groups is 1. The molecule has 94 valence electrons. The second-order valence-corrected chi connectivity index (χ2v) is 4.46. The number of rotatable bonds is 5. The number of hydrogen-bond donors (Lipinski definition) is 2. The lowest BCUT2D eigenvalue weighted by Crippen LogP contribution is -2.32. The maximum Gasteiger partial charge on any atom is 0.269 e. The van der Waals surface area contributed by atoms with E-state index in [9.17, 15) is 15.2 Å². The Hall–Kier alpha value is -1.62. The molecule has 0 aliphatic heterocycles. The molecule has 0 aliphatic carbocycles. The van der Waals surface area contributed by atoms with Gasteiger partial charge in [0, 0.05) is 24.4 Å². The predicted molar refractivity (Wildman–Crippen MR) is 67.2 cm³/mol. The van der Waals surface area contributed by atoms with E-state index in [2.05, 4.69) is 5.32 Å². The van der Waals surface area contributed by atoms with Crippen molar-refractivity contribution in [3.05, 3.63) is 33.9 Å². The molecular formula is C12H18N2O3. The van der Waals surface area contributed by atoms with E-state index in [0.29, 0.717) is 13.0 Å². The number of benzene rings is 1. The lowest BCUT2D eigenvalue weighted by molar-refractivity contribution is -0.384. The molecule has 1 rings (SSSR count). The highest BCUT2D eigenvalue weighted by Crippen LogP contribution is 2.22. The Bertz CT molecular complexity index is 416. The maximum atomic E-state index is 10.6. The van der Waals surface area contributed by atoms with Crippen molar-refractivity contribution >= 4 is 11.4 Å². The van der Waals surface area contributed by atoms with Crippen molar-refractivity contribution in [2.45, 2.75) is 32.8 Å². The van der Waals surface area contributed by atoms with Gasteiger partial charge < -0.3 is 10.4 Å². The Labute approximate surface area is 101 Å². The summed E-state index contributed by atoms with van der Waals surface area (Å²) in [5.41, 5.74) is 0.916. The first-order valence-corrected chi connectivity index (χ1v) is 5.57. The minimum atomic E-state index is -0.770. The van der Waals surface area contributed by atoms with Gasteiger partial charge >= 0.3 is 0 Å². The van der Waals surface area contributed by atoms with Crippen LogP contribution in [0.5, 0.6) is 0 Å². The third-order valence-corrected chi connectivity index (χ3v) is 2.84. The van der Waals surface area contributed by atoms with Gasteiger partial charge in [0.2, 0.25) is 0 Å². The fourth-order valence-electron chi connectivity index (χ4n) is 1.37. The van der Waals surface area contributed by atoms with Gasteiger partial charge in [-0.1, -0.05) is 6.92 Å². The van der Waals surface area contributed by atoms with Crippen LogP contribution in [0.25, 0.3) is 0 Å². The molecular weight excluding hydrogens is 220 g/mol. The summed E-state index contributed by atoms with van der Waals surface area (Å²) in [6, 6.07) is 4.64. The second kappa shape index (κ2) is 5.14. The zero-order valence-electron chi connectivity index (χ0n) is 10.4. The molecule has 0 spiro atoms. The number of hydrogen-bond acceptors (Lipinski definition) is 4. The summed E-state index contributed by atoms with van der Waals surface area (Å²) < 4.78 is 0. The smallest absolute Gasteiger partial charge is 0.269 e. The molecule has 5 nitrogen and oxygen atoms in total. The molecule has 17 heavy (non-hydrogen) atoms. The van der Waals surface area contributed by atoms with Crippen molar-refractivity contribution in [1.29, 1.82) is 0 Å². The minimum absolute atomic E-state index is 0.0790. The third kappa shape index (κ3) is 3.71. The molecule has 1 aromatic carbocycles. The molecule has 2 N–H and O–H groups in total. The van der Waals surface area contributed by atoms with Crippen LogP contribution in [0.2, 0.25) is 0 Å². The number of nitro groups is 1. The van der Waals surface area contributed by atoms with Gasteiger partial charge in [0.05, 0.1) is 10.5 Å². The Morgan fingerprint density at radius 1 is 1.53 bits per heavy atom. The van der Waals surface area contributed by atoms with Crippen molar-refractivity contribution in [2.24, 2.45) is 0 Å². The molecule has 0 aromatic heterocycles. The Morgan fingerprint density at radius 2 is 2.18 bits per heavy atom. The van der Waals surface area contributed by atoms with Crippen LogP contribution in [0, 0.1) is 17.0 Å². The van der Waals surface area contributed by atoms with Gasteiger partial charge in [-0.3, -0.25) is 10.1 Å². The molecule has 1 unspecified atom stereocenters. The number of nitrogens with one attached hydrogen (secondary N) is 1. The van der Waals surface area contributed by atoms with Crippen LogP contribution in [-0.4, -0.2) is 22.2 Å². The van der Waals surface area contributed by atoms with Crippen LogP contribution in [0.1, 0.15) is 25.8 Å². The number of nitrogens with zero attached hydrogens (tertiary/aromatic N) is 1. The molecule has 1 atom stereocenters. The number of non-ortho nitro benzene ring substituents is 1. The first-order chi connectivity index (χ1) is 7.85. The summed E-state index contributed by atoms with van der Waals surface area (Å²) >= 11 is 0. The summed E-state index contributed by atoms with van der Waals surface area (Å²) in [6.07, 6.45) is 0.645. The summed E-state index contributed by atoms with van der Waals surface area (Å²) in [5.74, 6) is 0. The topological polar surface area (TPSA) is 75.4 Å². The van der Waals surface area contributed by atoms with Crippen LogP contribution in [-0.2, 0) is 0 Å². The molecule has 0 fully saturated rings. The average molecular weight is 238 g/mol. The lowest BCUT2D eigenvalue weighted by atomic mass is 10.0. The summed E-state index contributed by atoms with van der Waals surface area (Å²) in [6.45, 7) is 5.88. The van der Waals surface area contributed by atoms with Gasteiger partial charge in [0.25, 0.3) is 5.69 Å².